The standard InChI is InChI=1S/C39H76NO9P/c1-3-5-7-9-11-13-15-17-18-19-20-21-23-25-27-29-31-38(41)49-36(34-47-50(44,45)48-35-37(40)39(42)43)33-46-32-30-28-26-24-22-16-14-12-10-8-6-4-2/h10,12,36-37H,3-9,11,13-35,40H2,1-2H3,(H,42,43)(H,44,45)/b12-10-. The molecule has 3 unspecified atom stereocenters. The normalized spacial score (nSPS) is 14.2. The van der Waals surface area contributed by atoms with Crippen LogP contribution in [0, 0.1) is 0 Å². The molecule has 4 N–H and O–H groups in total. The van der Waals surface area contributed by atoms with Crippen molar-refractivity contribution in [2.45, 2.75) is 199 Å². The molecule has 0 rings (SSSR count). The minimum Gasteiger partial charge on any atom is -0.480 e. The van der Waals surface area contributed by atoms with Crippen molar-refractivity contribution in [3.8, 4) is 0 Å². The lowest BCUT2D eigenvalue weighted by molar-refractivity contribution is -0.154. The number of rotatable bonds is 39. The fourth-order valence-corrected chi connectivity index (χ4v) is 6.36. The first kappa shape index (κ1) is 48.7. The number of allylic oxidation sites excluding steroid dienone is 2. The number of phosphoric acid groups is 1. The number of carbonyl (C=O) groups excluding carboxylic acids is 1. The van der Waals surface area contributed by atoms with E-state index >= 15 is 0 Å². The monoisotopic (exact) mass is 734 g/mol. The second-order valence-electron chi connectivity index (χ2n) is 13.8. The smallest absolute Gasteiger partial charge is 0.472 e. The van der Waals surface area contributed by atoms with Gasteiger partial charge in [0.25, 0.3) is 0 Å². The Hall–Kier alpha value is -1.29. The highest BCUT2D eigenvalue weighted by Gasteiger charge is 2.27. The molecule has 0 radical (unpaired) electrons. The Kier molecular flexibility index (Phi) is 35.2. The van der Waals surface area contributed by atoms with Gasteiger partial charge in [-0.25, -0.2) is 4.57 Å². The fraction of sp³-hybridized carbons (Fsp3) is 0.897. The quantitative estimate of drug-likeness (QED) is 0.0240. The molecule has 0 aliphatic rings. The maximum atomic E-state index is 12.6. The lowest BCUT2D eigenvalue weighted by Gasteiger charge is -2.20. The molecule has 0 aromatic carbocycles. The van der Waals surface area contributed by atoms with E-state index in [1.165, 1.54) is 122 Å². The van der Waals surface area contributed by atoms with Crippen LogP contribution in [0.15, 0.2) is 12.2 Å². The van der Waals surface area contributed by atoms with Crippen LogP contribution in [0.1, 0.15) is 187 Å². The molecule has 0 aliphatic heterocycles. The van der Waals surface area contributed by atoms with Crippen LogP contribution in [0.25, 0.3) is 0 Å². The molecular weight excluding hydrogens is 657 g/mol. The van der Waals surface area contributed by atoms with Crippen LogP contribution in [0.3, 0.4) is 0 Å². The maximum Gasteiger partial charge on any atom is 0.472 e. The molecule has 296 valence electrons. The molecule has 0 saturated carbocycles. The first-order chi connectivity index (χ1) is 24.2. The second kappa shape index (κ2) is 36.1. The summed E-state index contributed by atoms with van der Waals surface area (Å²) < 4.78 is 33.2. The number of nitrogens with two attached hydrogens (primary N) is 1. The third kappa shape index (κ3) is 35.1. The van der Waals surface area contributed by atoms with Crippen molar-refractivity contribution >= 4 is 19.8 Å². The number of aliphatic carboxylic acids is 1. The molecule has 0 saturated heterocycles. The van der Waals surface area contributed by atoms with E-state index < -0.39 is 45.1 Å². The van der Waals surface area contributed by atoms with E-state index in [0.717, 1.165) is 44.9 Å². The Morgan fingerprint density at radius 1 is 0.620 bits per heavy atom. The second-order valence-corrected chi connectivity index (χ2v) is 15.2. The maximum absolute atomic E-state index is 12.6. The van der Waals surface area contributed by atoms with Gasteiger partial charge in [-0.1, -0.05) is 161 Å². The van der Waals surface area contributed by atoms with Gasteiger partial charge in [0, 0.05) is 13.0 Å². The fourth-order valence-electron chi connectivity index (χ4n) is 5.58. The van der Waals surface area contributed by atoms with Crippen molar-refractivity contribution in [2.75, 3.05) is 26.4 Å². The first-order valence-electron chi connectivity index (χ1n) is 20.2. The van der Waals surface area contributed by atoms with Gasteiger partial charge in [0.2, 0.25) is 0 Å². The first-order valence-corrected chi connectivity index (χ1v) is 21.7. The predicted molar refractivity (Wildman–Crippen MR) is 203 cm³/mol. The summed E-state index contributed by atoms with van der Waals surface area (Å²) in [6.07, 6.45) is 35.4. The number of hydrogen-bond acceptors (Lipinski definition) is 8. The van der Waals surface area contributed by atoms with Crippen LogP contribution in [-0.2, 0) is 32.7 Å². The van der Waals surface area contributed by atoms with E-state index in [4.69, 9.17) is 29.4 Å². The highest BCUT2D eigenvalue weighted by Crippen LogP contribution is 2.43. The number of carboxylic acid groups (broad SMARTS) is 1. The molecule has 0 aliphatic carbocycles. The van der Waals surface area contributed by atoms with E-state index in [1.54, 1.807) is 0 Å². The summed E-state index contributed by atoms with van der Waals surface area (Å²) >= 11 is 0. The Bertz CT molecular complexity index is 857. The molecule has 3 atom stereocenters. The Morgan fingerprint density at radius 3 is 1.58 bits per heavy atom. The molecule has 50 heavy (non-hydrogen) atoms. The Morgan fingerprint density at radius 2 is 1.06 bits per heavy atom. The van der Waals surface area contributed by atoms with Crippen LogP contribution < -0.4 is 5.73 Å². The van der Waals surface area contributed by atoms with E-state index in [1.807, 2.05) is 0 Å². The van der Waals surface area contributed by atoms with Gasteiger partial charge < -0.3 is 25.2 Å². The van der Waals surface area contributed by atoms with Crippen LogP contribution in [-0.4, -0.2) is 60.5 Å². The van der Waals surface area contributed by atoms with Crippen molar-refractivity contribution in [1.29, 1.82) is 0 Å². The molecule has 0 spiro atoms. The number of carboxylic acids is 1. The van der Waals surface area contributed by atoms with Crippen molar-refractivity contribution in [2.24, 2.45) is 5.73 Å². The number of carbonyl (C=O) groups is 2. The Labute approximate surface area is 305 Å². The van der Waals surface area contributed by atoms with Gasteiger partial charge in [-0.2, -0.15) is 0 Å². The topological polar surface area (TPSA) is 155 Å². The third-order valence-corrected chi connectivity index (χ3v) is 9.75. The molecule has 0 fully saturated rings. The summed E-state index contributed by atoms with van der Waals surface area (Å²) in [5.74, 6) is -1.77. The SMILES string of the molecule is CCCC/C=C\CCCCCCCCOCC(COP(=O)(O)OCC(N)C(=O)O)OC(=O)CCCCCCCCCCCCCCCCCC. The minimum atomic E-state index is -4.61. The number of unbranched alkanes of at least 4 members (excludes halogenated alkanes) is 23. The summed E-state index contributed by atoms with van der Waals surface area (Å²) in [7, 11) is -4.61. The summed E-state index contributed by atoms with van der Waals surface area (Å²) in [5, 5.41) is 8.87. The van der Waals surface area contributed by atoms with Crippen LogP contribution in [0.4, 0.5) is 0 Å². The van der Waals surface area contributed by atoms with Crippen LogP contribution >= 0.6 is 7.82 Å². The third-order valence-electron chi connectivity index (χ3n) is 8.79. The largest absolute Gasteiger partial charge is 0.480 e. The molecule has 0 amide bonds. The minimum absolute atomic E-state index is 0.0176. The molecule has 10 nitrogen and oxygen atoms in total. The number of phosphoric ester groups is 1. The van der Waals surface area contributed by atoms with Crippen molar-refractivity contribution in [1.82, 2.24) is 0 Å². The van der Waals surface area contributed by atoms with Crippen molar-refractivity contribution < 1.29 is 42.7 Å². The number of hydrogen-bond donors (Lipinski definition) is 3. The number of ether oxygens (including phenoxy) is 2. The summed E-state index contributed by atoms with van der Waals surface area (Å²) in [5.41, 5.74) is 5.34. The lowest BCUT2D eigenvalue weighted by Crippen LogP contribution is -2.34. The van der Waals surface area contributed by atoms with Crippen LogP contribution in [0.2, 0.25) is 0 Å². The van der Waals surface area contributed by atoms with E-state index in [-0.39, 0.29) is 13.0 Å². The van der Waals surface area contributed by atoms with Gasteiger partial charge >= 0.3 is 19.8 Å². The van der Waals surface area contributed by atoms with Gasteiger partial charge in [-0.3, -0.25) is 18.6 Å². The van der Waals surface area contributed by atoms with Gasteiger partial charge in [0.1, 0.15) is 12.1 Å². The van der Waals surface area contributed by atoms with Crippen molar-refractivity contribution in [3.63, 3.8) is 0 Å². The zero-order valence-corrected chi connectivity index (χ0v) is 32.9. The number of esters is 1. The van der Waals surface area contributed by atoms with Gasteiger partial charge in [0.05, 0.1) is 19.8 Å². The summed E-state index contributed by atoms with van der Waals surface area (Å²) in [6, 6.07) is -1.47. The van der Waals surface area contributed by atoms with Gasteiger partial charge in [0.15, 0.2) is 0 Å². The summed E-state index contributed by atoms with van der Waals surface area (Å²) in [4.78, 5) is 33.4. The molecular formula is C39H76NO9P. The molecule has 0 aromatic heterocycles. The molecule has 11 heteroatoms. The molecule has 0 aromatic rings. The average molecular weight is 734 g/mol. The average Bonchev–Trinajstić information content (AvgIpc) is 3.09. The summed E-state index contributed by atoms with van der Waals surface area (Å²) in [6.45, 7) is 3.85. The molecule has 0 heterocycles. The van der Waals surface area contributed by atoms with E-state index in [9.17, 15) is 19.0 Å². The Balaban J connectivity index is 4.24. The highest BCUT2D eigenvalue weighted by atomic mass is 31.2. The highest BCUT2D eigenvalue weighted by molar-refractivity contribution is 7.47. The van der Waals surface area contributed by atoms with E-state index in [0.29, 0.717) is 6.61 Å². The molecule has 0 bridgehead atoms. The zero-order valence-electron chi connectivity index (χ0n) is 32.0. The van der Waals surface area contributed by atoms with Crippen LogP contribution in [0.5, 0.6) is 0 Å². The predicted octanol–water partition coefficient (Wildman–Crippen LogP) is 10.6. The van der Waals surface area contributed by atoms with Gasteiger partial charge in [-0.15, -0.1) is 0 Å². The zero-order chi connectivity index (χ0) is 37.0. The lowest BCUT2D eigenvalue weighted by atomic mass is 10.0. The van der Waals surface area contributed by atoms with E-state index in [2.05, 4.69) is 26.0 Å². The van der Waals surface area contributed by atoms with Gasteiger partial charge in [-0.05, 0) is 32.1 Å². The van der Waals surface area contributed by atoms with Crippen molar-refractivity contribution in [3.05, 3.63) is 12.2 Å².